The number of nitrogens with one attached hydrogen (secondary N) is 1. The molecule has 0 amide bonds. The van der Waals surface area contributed by atoms with Gasteiger partial charge in [-0.05, 0) is 72.2 Å². The Bertz CT molecular complexity index is 614. The monoisotopic (exact) mass is 283 g/mol. The fourth-order valence-corrected chi connectivity index (χ4v) is 4.66. The first-order chi connectivity index (χ1) is 9.90. The highest BCUT2D eigenvalue weighted by molar-refractivity contribution is 7.10. The second-order valence-corrected chi connectivity index (χ2v) is 7.08. The van der Waals surface area contributed by atoms with E-state index in [1.807, 2.05) is 11.3 Å². The molecule has 0 saturated heterocycles. The molecular weight excluding hydrogens is 262 g/mol. The van der Waals surface area contributed by atoms with Crippen LogP contribution in [0.3, 0.4) is 0 Å². The predicted molar refractivity (Wildman–Crippen MR) is 85.3 cm³/mol. The van der Waals surface area contributed by atoms with Crippen LogP contribution in [0.2, 0.25) is 0 Å². The van der Waals surface area contributed by atoms with Crippen molar-refractivity contribution in [3.05, 3.63) is 56.8 Å². The number of hydrogen-bond donors (Lipinski definition) is 1. The Hall–Kier alpha value is -1.12. The minimum atomic E-state index is 0.568. The Balaban J connectivity index is 1.46. The van der Waals surface area contributed by atoms with Gasteiger partial charge in [0.2, 0.25) is 0 Å². The summed E-state index contributed by atoms with van der Waals surface area (Å²) in [5.74, 6) is 0. The van der Waals surface area contributed by atoms with Crippen LogP contribution in [0.5, 0.6) is 0 Å². The minimum absolute atomic E-state index is 0.568. The maximum atomic E-state index is 3.78. The van der Waals surface area contributed by atoms with E-state index in [9.17, 15) is 0 Å². The normalized spacial score (nSPS) is 20.7. The van der Waals surface area contributed by atoms with Crippen LogP contribution in [0.15, 0.2) is 29.6 Å². The number of rotatable bonds is 3. The summed E-state index contributed by atoms with van der Waals surface area (Å²) >= 11 is 1.93. The summed E-state index contributed by atoms with van der Waals surface area (Å²) in [6.07, 6.45) is 7.80. The summed E-state index contributed by atoms with van der Waals surface area (Å²) in [5, 5.41) is 6.03. The molecule has 0 fully saturated rings. The van der Waals surface area contributed by atoms with Gasteiger partial charge in [0.05, 0.1) is 0 Å². The standard InChI is InChI=1S/C18H21NS/c1-3-14-8-7-13(11-15(14)4-1)12-19-17-5-2-6-18-16(17)9-10-20-18/h7-11,17,19H,1-6,12H2. The second kappa shape index (κ2) is 5.34. The number of benzene rings is 1. The molecule has 0 bridgehead atoms. The van der Waals surface area contributed by atoms with Gasteiger partial charge in [-0.25, -0.2) is 0 Å². The quantitative estimate of drug-likeness (QED) is 0.880. The maximum absolute atomic E-state index is 3.78. The first-order valence-corrected chi connectivity index (χ1v) is 8.68. The topological polar surface area (TPSA) is 12.0 Å². The number of fused-ring (bicyclic) bond motifs is 2. The first kappa shape index (κ1) is 12.6. The van der Waals surface area contributed by atoms with Crippen LogP contribution in [-0.2, 0) is 25.8 Å². The Kier molecular flexibility index (Phi) is 3.37. The molecule has 1 aromatic heterocycles. The molecule has 1 heterocycles. The van der Waals surface area contributed by atoms with E-state index in [-0.39, 0.29) is 0 Å². The zero-order valence-electron chi connectivity index (χ0n) is 11.8. The molecule has 20 heavy (non-hydrogen) atoms. The van der Waals surface area contributed by atoms with Crippen LogP contribution in [0, 0.1) is 0 Å². The Morgan fingerprint density at radius 2 is 2.00 bits per heavy atom. The SMILES string of the molecule is c1cc2c(s1)CCCC2NCc1ccc2c(c1)CCC2. The predicted octanol–water partition coefficient (Wildman–Crippen LogP) is 4.40. The van der Waals surface area contributed by atoms with E-state index >= 15 is 0 Å². The molecule has 2 aliphatic rings. The first-order valence-electron chi connectivity index (χ1n) is 7.80. The van der Waals surface area contributed by atoms with Crippen molar-refractivity contribution in [1.29, 1.82) is 0 Å². The van der Waals surface area contributed by atoms with E-state index in [0.29, 0.717) is 6.04 Å². The molecule has 0 radical (unpaired) electrons. The van der Waals surface area contributed by atoms with Crippen LogP contribution in [0.4, 0.5) is 0 Å². The lowest BCUT2D eigenvalue weighted by Crippen LogP contribution is -2.23. The van der Waals surface area contributed by atoms with E-state index in [4.69, 9.17) is 0 Å². The molecule has 1 atom stereocenters. The average molecular weight is 283 g/mol. The van der Waals surface area contributed by atoms with Crippen molar-refractivity contribution in [2.45, 2.75) is 51.1 Å². The highest BCUT2D eigenvalue weighted by atomic mass is 32.1. The molecule has 0 spiro atoms. The van der Waals surface area contributed by atoms with Crippen molar-refractivity contribution in [1.82, 2.24) is 5.32 Å². The minimum Gasteiger partial charge on any atom is -0.306 e. The van der Waals surface area contributed by atoms with Crippen LogP contribution < -0.4 is 5.32 Å². The molecule has 1 N–H and O–H groups in total. The highest BCUT2D eigenvalue weighted by Crippen LogP contribution is 2.33. The summed E-state index contributed by atoms with van der Waals surface area (Å²) in [7, 11) is 0. The zero-order valence-corrected chi connectivity index (χ0v) is 12.6. The zero-order chi connectivity index (χ0) is 13.4. The molecule has 0 aliphatic heterocycles. The summed E-state index contributed by atoms with van der Waals surface area (Å²) in [6, 6.07) is 9.97. The summed E-state index contributed by atoms with van der Waals surface area (Å²) in [6.45, 7) is 1.01. The lowest BCUT2D eigenvalue weighted by Gasteiger charge is -2.24. The molecule has 1 nitrogen and oxygen atoms in total. The van der Waals surface area contributed by atoms with Gasteiger partial charge in [0.25, 0.3) is 0 Å². The van der Waals surface area contributed by atoms with E-state index in [2.05, 4.69) is 35.0 Å². The van der Waals surface area contributed by atoms with Crippen molar-refractivity contribution in [3.63, 3.8) is 0 Å². The molecule has 104 valence electrons. The van der Waals surface area contributed by atoms with Gasteiger partial charge in [-0.3, -0.25) is 0 Å². The fraction of sp³-hybridized carbons (Fsp3) is 0.444. The van der Waals surface area contributed by atoms with Gasteiger partial charge in [-0.15, -0.1) is 11.3 Å². The maximum Gasteiger partial charge on any atom is 0.0334 e. The van der Waals surface area contributed by atoms with E-state index < -0.39 is 0 Å². The van der Waals surface area contributed by atoms with Crippen molar-refractivity contribution >= 4 is 11.3 Å². The fourth-order valence-electron chi connectivity index (χ4n) is 3.67. The van der Waals surface area contributed by atoms with Crippen LogP contribution in [0.1, 0.15) is 52.4 Å². The average Bonchev–Trinajstić information content (AvgIpc) is 3.13. The van der Waals surface area contributed by atoms with Crippen LogP contribution in [0.25, 0.3) is 0 Å². The van der Waals surface area contributed by atoms with Gasteiger partial charge in [-0.1, -0.05) is 18.2 Å². The van der Waals surface area contributed by atoms with Crippen molar-refractivity contribution < 1.29 is 0 Å². The number of thiophene rings is 1. The molecule has 1 unspecified atom stereocenters. The molecular formula is C18H21NS. The number of hydrogen-bond acceptors (Lipinski definition) is 2. The number of aryl methyl sites for hydroxylation is 3. The van der Waals surface area contributed by atoms with Gasteiger partial charge < -0.3 is 5.32 Å². The van der Waals surface area contributed by atoms with Gasteiger partial charge in [0.1, 0.15) is 0 Å². The van der Waals surface area contributed by atoms with Crippen molar-refractivity contribution in [2.75, 3.05) is 0 Å². The third kappa shape index (κ3) is 2.32. The third-order valence-electron chi connectivity index (χ3n) is 4.77. The van der Waals surface area contributed by atoms with E-state index in [1.165, 1.54) is 44.1 Å². The molecule has 1 aromatic carbocycles. The van der Waals surface area contributed by atoms with Crippen molar-refractivity contribution in [2.24, 2.45) is 0 Å². The smallest absolute Gasteiger partial charge is 0.0334 e. The Labute approximate surface area is 125 Å². The van der Waals surface area contributed by atoms with Crippen LogP contribution >= 0.6 is 11.3 Å². The highest BCUT2D eigenvalue weighted by Gasteiger charge is 2.20. The van der Waals surface area contributed by atoms with Gasteiger partial charge in [0.15, 0.2) is 0 Å². The Morgan fingerprint density at radius 1 is 1.05 bits per heavy atom. The third-order valence-corrected chi connectivity index (χ3v) is 5.76. The van der Waals surface area contributed by atoms with Gasteiger partial charge >= 0.3 is 0 Å². The summed E-state index contributed by atoms with van der Waals surface area (Å²) in [5.41, 5.74) is 6.17. The molecule has 2 heteroatoms. The Morgan fingerprint density at radius 3 is 3.00 bits per heavy atom. The van der Waals surface area contributed by atoms with E-state index in [0.717, 1.165) is 6.54 Å². The lowest BCUT2D eigenvalue weighted by atomic mass is 9.94. The molecule has 4 rings (SSSR count). The van der Waals surface area contributed by atoms with Crippen LogP contribution in [-0.4, -0.2) is 0 Å². The van der Waals surface area contributed by atoms with Crippen molar-refractivity contribution in [3.8, 4) is 0 Å². The summed E-state index contributed by atoms with van der Waals surface area (Å²) in [4.78, 5) is 1.60. The van der Waals surface area contributed by atoms with Gasteiger partial charge in [-0.2, -0.15) is 0 Å². The molecule has 0 saturated carbocycles. The molecule has 2 aromatic rings. The largest absolute Gasteiger partial charge is 0.306 e. The molecule has 2 aliphatic carbocycles. The summed E-state index contributed by atoms with van der Waals surface area (Å²) < 4.78 is 0. The second-order valence-electron chi connectivity index (χ2n) is 6.08. The van der Waals surface area contributed by atoms with Gasteiger partial charge in [0, 0.05) is 17.5 Å². The lowest BCUT2D eigenvalue weighted by molar-refractivity contribution is 0.463. The van der Waals surface area contributed by atoms with E-state index in [1.54, 1.807) is 21.6 Å².